The van der Waals surface area contributed by atoms with Crippen molar-refractivity contribution >= 4 is 23.3 Å². The molecule has 108 valence electrons. The average molecular weight is 292 g/mol. The lowest BCUT2D eigenvalue weighted by Crippen LogP contribution is -2.42. The van der Waals surface area contributed by atoms with E-state index in [1.54, 1.807) is 0 Å². The summed E-state index contributed by atoms with van der Waals surface area (Å²) in [6.07, 6.45) is 2.38. The van der Waals surface area contributed by atoms with E-state index in [2.05, 4.69) is 40.2 Å². The van der Waals surface area contributed by atoms with E-state index in [1.165, 1.54) is 17.4 Å². The molecule has 4 heteroatoms. The first-order chi connectivity index (χ1) is 9.20. The van der Waals surface area contributed by atoms with Crippen molar-refractivity contribution < 1.29 is 0 Å². The van der Waals surface area contributed by atoms with Crippen LogP contribution in [-0.2, 0) is 6.54 Å². The number of hydrogen-bond acceptors (Lipinski definition) is 3. The molecule has 0 bridgehead atoms. The molecule has 0 saturated carbocycles. The first-order valence-corrected chi connectivity index (χ1v) is 7.05. The number of halogens is 1. The van der Waals surface area contributed by atoms with Gasteiger partial charge in [0.25, 0.3) is 0 Å². The fraction of sp³-hybridized carbons (Fsp3) is 0.438. The van der Waals surface area contributed by atoms with Gasteiger partial charge in [-0.05, 0) is 50.1 Å². The van der Waals surface area contributed by atoms with E-state index >= 15 is 0 Å². The Morgan fingerprint density at radius 1 is 1.30 bits per heavy atom. The van der Waals surface area contributed by atoms with E-state index in [-0.39, 0.29) is 12.4 Å². The zero-order chi connectivity index (χ0) is 13.2. The Balaban J connectivity index is 0.00000147. The second-order valence-electron chi connectivity index (χ2n) is 5.62. The maximum atomic E-state index is 6.03. The molecule has 0 unspecified atom stereocenters. The van der Waals surface area contributed by atoms with E-state index in [4.69, 9.17) is 5.73 Å². The van der Waals surface area contributed by atoms with Crippen LogP contribution in [0.2, 0.25) is 0 Å². The number of likely N-dealkylation sites (tertiary alicyclic amines) is 1. The predicted octanol–water partition coefficient (Wildman–Crippen LogP) is 2.89. The lowest BCUT2D eigenvalue weighted by molar-refractivity contribution is 0.201. The van der Waals surface area contributed by atoms with Crippen molar-refractivity contribution in [3.63, 3.8) is 0 Å². The van der Waals surface area contributed by atoms with Gasteiger partial charge in [-0.15, -0.1) is 12.4 Å². The molecular formula is C16H22ClN3. The minimum atomic E-state index is 0. The lowest BCUT2D eigenvalue weighted by atomic mass is 10.0. The third kappa shape index (κ3) is 3.48. The Kier molecular flexibility index (Phi) is 4.97. The third-order valence-corrected chi connectivity index (χ3v) is 3.84. The molecule has 0 aliphatic carbocycles. The van der Waals surface area contributed by atoms with Gasteiger partial charge in [-0.1, -0.05) is 12.1 Å². The number of aromatic nitrogens is 1. The number of hydrogen-bond donors (Lipinski definition) is 1. The smallest absolute Gasteiger partial charge is 0.0705 e. The molecule has 0 amide bonds. The van der Waals surface area contributed by atoms with Crippen molar-refractivity contribution in [2.75, 3.05) is 13.1 Å². The van der Waals surface area contributed by atoms with Gasteiger partial charge in [-0.2, -0.15) is 0 Å². The number of nitrogens with two attached hydrogens (primary N) is 1. The monoisotopic (exact) mass is 291 g/mol. The molecule has 1 fully saturated rings. The summed E-state index contributed by atoms with van der Waals surface area (Å²) in [5, 5.41) is 1.23. The van der Waals surface area contributed by atoms with Crippen LogP contribution in [0.25, 0.3) is 10.9 Å². The molecular weight excluding hydrogens is 270 g/mol. The molecule has 3 nitrogen and oxygen atoms in total. The van der Waals surface area contributed by atoms with Gasteiger partial charge in [-0.25, -0.2) is 0 Å². The minimum absolute atomic E-state index is 0. The molecule has 1 atom stereocenters. The minimum Gasteiger partial charge on any atom is -0.327 e. The Bertz CT molecular complexity index is 585. The maximum Gasteiger partial charge on any atom is 0.0705 e. The van der Waals surface area contributed by atoms with E-state index in [0.29, 0.717) is 6.04 Å². The maximum absolute atomic E-state index is 6.03. The predicted molar refractivity (Wildman–Crippen MR) is 86.2 cm³/mol. The van der Waals surface area contributed by atoms with Gasteiger partial charge in [0.1, 0.15) is 0 Å². The largest absolute Gasteiger partial charge is 0.327 e. The molecule has 1 saturated heterocycles. The number of fused-ring (bicyclic) bond motifs is 1. The van der Waals surface area contributed by atoms with Crippen molar-refractivity contribution in [3.8, 4) is 0 Å². The van der Waals surface area contributed by atoms with Crippen LogP contribution < -0.4 is 5.73 Å². The normalized spacial score (nSPS) is 19.8. The van der Waals surface area contributed by atoms with Crippen LogP contribution in [0.4, 0.5) is 0 Å². The number of piperidine rings is 1. The number of aryl methyl sites for hydroxylation is 1. The highest BCUT2D eigenvalue weighted by Crippen LogP contribution is 2.18. The first kappa shape index (κ1) is 15.2. The van der Waals surface area contributed by atoms with Crippen molar-refractivity contribution in [1.29, 1.82) is 0 Å². The van der Waals surface area contributed by atoms with E-state index < -0.39 is 0 Å². The summed E-state index contributed by atoms with van der Waals surface area (Å²) in [4.78, 5) is 7.00. The number of nitrogens with zero attached hydrogens (tertiary/aromatic N) is 2. The second-order valence-corrected chi connectivity index (χ2v) is 5.62. The van der Waals surface area contributed by atoms with E-state index in [0.717, 1.165) is 37.3 Å². The van der Waals surface area contributed by atoms with Gasteiger partial charge in [0.15, 0.2) is 0 Å². The molecule has 2 aromatic rings. The molecule has 1 aliphatic rings. The van der Waals surface area contributed by atoms with Crippen LogP contribution in [0.3, 0.4) is 0 Å². The molecule has 0 radical (unpaired) electrons. The van der Waals surface area contributed by atoms with Crippen LogP contribution in [0, 0.1) is 6.92 Å². The van der Waals surface area contributed by atoms with Crippen molar-refractivity contribution in [2.24, 2.45) is 5.73 Å². The third-order valence-electron chi connectivity index (χ3n) is 3.84. The first-order valence-electron chi connectivity index (χ1n) is 7.05. The molecule has 1 aromatic carbocycles. The fourth-order valence-corrected chi connectivity index (χ4v) is 2.87. The molecule has 2 heterocycles. The van der Waals surface area contributed by atoms with Crippen LogP contribution in [-0.4, -0.2) is 29.0 Å². The average Bonchev–Trinajstić information content (AvgIpc) is 2.39. The second kappa shape index (κ2) is 6.53. The van der Waals surface area contributed by atoms with E-state index in [1.807, 2.05) is 6.92 Å². The summed E-state index contributed by atoms with van der Waals surface area (Å²) in [6, 6.07) is 11.1. The number of benzene rings is 1. The van der Waals surface area contributed by atoms with Crippen LogP contribution in [0.15, 0.2) is 30.3 Å². The fourth-order valence-electron chi connectivity index (χ4n) is 2.87. The highest BCUT2D eigenvalue weighted by atomic mass is 35.5. The van der Waals surface area contributed by atoms with Gasteiger partial charge >= 0.3 is 0 Å². The molecule has 3 rings (SSSR count). The van der Waals surface area contributed by atoms with E-state index in [9.17, 15) is 0 Å². The zero-order valence-electron chi connectivity index (χ0n) is 11.9. The van der Waals surface area contributed by atoms with Gasteiger partial charge in [0.05, 0.1) is 5.52 Å². The molecule has 20 heavy (non-hydrogen) atoms. The number of rotatable bonds is 2. The molecule has 0 spiro atoms. The van der Waals surface area contributed by atoms with Gasteiger partial charge in [-0.3, -0.25) is 9.88 Å². The van der Waals surface area contributed by atoms with Crippen molar-refractivity contribution in [3.05, 3.63) is 41.6 Å². The van der Waals surface area contributed by atoms with Crippen LogP contribution in [0.1, 0.15) is 24.1 Å². The zero-order valence-corrected chi connectivity index (χ0v) is 12.7. The highest BCUT2D eigenvalue weighted by molar-refractivity contribution is 5.85. The summed E-state index contributed by atoms with van der Waals surface area (Å²) < 4.78 is 0. The molecule has 1 aliphatic heterocycles. The highest BCUT2D eigenvalue weighted by Gasteiger charge is 2.16. The van der Waals surface area contributed by atoms with Gasteiger partial charge in [0.2, 0.25) is 0 Å². The van der Waals surface area contributed by atoms with Crippen LogP contribution >= 0.6 is 12.4 Å². The van der Waals surface area contributed by atoms with Crippen molar-refractivity contribution in [2.45, 2.75) is 32.4 Å². The summed E-state index contributed by atoms with van der Waals surface area (Å²) in [7, 11) is 0. The molecule has 2 N–H and O–H groups in total. The Morgan fingerprint density at radius 3 is 2.95 bits per heavy atom. The Hall–Kier alpha value is -1.16. The van der Waals surface area contributed by atoms with Crippen LogP contribution in [0.5, 0.6) is 0 Å². The topological polar surface area (TPSA) is 42.1 Å². The summed E-state index contributed by atoms with van der Waals surface area (Å²) in [5.74, 6) is 0. The number of pyridine rings is 1. The van der Waals surface area contributed by atoms with Gasteiger partial charge < -0.3 is 5.73 Å². The molecule has 1 aromatic heterocycles. The Morgan fingerprint density at radius 2 is 2.15 bits per heavy atom. The summed E-state index contributed by atoms with van der Waals surface area (Å²) in [6.45, 7) is 5.21. The summed E-state index contributed by atoms with van der Waals surface area (Å²) in [5.41, 5.74) is 9.54. The Labute approximate surface area is 126 Å². The lowest BCUT2D eigenvalue weighted by Gasteiger charge is -2.30. The standard InChI is InChI=1S/C16H21N3.ClH/c1-12-4-6-14-9-13(5-7-16(14)18-12)10-19-8-2-3-15(17)11-19;/h4-7,9,15H,2-3,8,10-11,17H2,1H3;1H/t15-;/m1./s1. The SMILES string of the molecule is Cc1ccc2cc(CN3CCC[C@@H](N)C3)ccc2n1.Cl. The van der Waals surface area contributed by atoms with Gasteiger partial charge in [0, 0.05) is 30.2 Å². The van der Waals surface area contributed by atoms with Crippen molar-refractivity contribution in [1.82, 2.24) is 9.88 Å². The summed E-state index contributed by atoms with van der Waals surface area (Å²) >= 11 is 0. The quantitative estimate of drug-likeness (QED) is 0.925.